The molecule has 0 aliphatic heterocycles. The maximum Gasteiger partial charge on any atom is 0.0560 e. The van der Waals surface area contributed by atoms with Gasteiger partial charge in [-0.2, -0.15) is 0 Å². The van der Waals surface area contributed by atoms with E-state index in [0.29, 0.717) is 0 Å². The van der Waals surface area contributed by atoms with Crippen molar-refractivity contribution in [2.75, 3.05) is 4.90 Å². The molecular formula is C50H36N2. The van der Waals surface area contributed by atoms with Gasteiger partial charge in [0.1, 0.15) is 0 Å². The Morgan fingerprint density at radius 3 is 2.29 bits per heavy atom. The van der Waals surface area contributed by atoms with Crippen LogP contribution in [0.5, 0.6) is 0 Å². The third-order valence-electron chi connectivity index (χ3n) is 11.5. The summed E-state index contributed by atoms with van der Waals surface area (Å²) < 4.78 is 2.53. The zero-order chi connectivity index (χ0) is 34.2. The first-order valence-corrected chi connectivity index (χ1v) is 18.5. The van der Waals surface area contributed by atoms with Crippen LogP contribution in [-0.2, 0) is 6.42 Å². The van der Waals surface area contributed by atoms with Gasteiger partial charge in [0.2, 0.25) is 0 Å². The van der Waals surface area contributed by atoms with Gasteiger partial charge in [-0.3, -0.25) is 0 Å². The third-order valence-corrected chi connectivity index (χ3v) is 11.5. The van der Waals surface area contributed by atoms with Crippen LogP contribution < -0.4 is 4.90 Å². The van der Waals surface area contributed by atoms with Crippen LogP contribution in [0.1, 0.15) is 30.0 Å². The van der Waals surface area contributed by atoms with Crippen LogP contribution in [0.2, 0.25) is 0 Å². The smallest absolute Gasteiger partial charge is 0.0560 e. The van der Waals surface area contributed by atoms with Crippen LogP contribution in [0, 0.1) is 0 Å². The molecule has 0 spiro atoms. The van der Waals surface area contributed by atoms with Gasteiger partial charge in [-0.15, -0.1) is 0 Å². The number of hydrogen-bond acceptors (Lipinski definition) is 1. The number of rotatable bonds is 5. The first-order valence-electron chi connectivity index (χ1n) is 18.5. The Bertz CT molecular complexity index is 2830. The lowest BCUT2D eigenvalue weighted by Gasteiger charge is -2.30. The summed E-state index contributed by atoms with van der Waals surface area (Å²) in [5.74, 6) is 0. The molecular weight excluding hydrogens is 629 g/mol. The van der Waals surface area contributed by atoms with Gasteiger partial charge in [0.25, 0.3) is 0 Å². The lowest BCUT2D eigenvalue weighted by Crippen LogP contribution is -2.13. The van der Waals surface area contributed by atoms with E-state index in [1.54, 1.807) is 0 Å². The summed E-state index contributed by atoms with van der Waals surface area (Å²) in [6, 6.07) is 52.3. The van der Waals surface area contributed by atoms with Crippen molar-refractivity contribution in [3.63, 3.8) is 0 Å². The molecule has 3 aliphatic rings. The maximum absolute atomic E-state index is 2.54. The number of nitrogens with zero attached hydrogens (tertiary/aromatic N) is 2. The summed E-state index contributed by atoms with van der Waals surface area (Å²) in [6.07, 6.45) is 16.9. The van der Waals surface area contributed by atoms with E-state index in [9.17, 15) is 0 Å². The second-order valence-electron chi connectivity index (χ2n) is 14.3. The number of benzene rings is 7. The highest BCUT2D eigenvalue weighted by Crippen LogP contribution is 2.56. The number of fused-ring (bicyclic) bond motifs is 8. The van der Waals surface area contributed by atoms with Crippen molar-refractivity contribution in [2.45, 2.75) is 25.3 Å². The fraction of sp³-hybridized carbons (Fsp3) is 0.0800. The molecule has 2 heteroatoms. The molecule has 0 saturated heterocycles. The summed E-state index contributed by atoms with van der Waals surface area (Å²) in [5, 5.41) is 5.27. The standard InChI is InChI=1S/C50H36N2/c1-3-15-33(16-4-1)38-21-9-11-26-44(38)52(37-29-30-46-43(32-37)40-23-10-12-27-45(40)51(46)36-19-5-2-6-20-36)47-28-14-25-42-41-24-13-18-35-31-34-17-7-8-22-39(34)50(48(35)41)49(42)47/h1-6,8-16,18-19,21-32,36H,7,17,20H2. The molecule has 0 saturated carbocycles. The highest BCUT2D eigenvalue weighted by atomic mass is 15.1. The van der Waals surface area contributed by atoms with E-state index in [-0.39, 0.29) is 6.04 Å². The van der Waals surface area contributed by atoms with E-state index < -0.39 is 0 Å². The highest BCUT2D eigenvalue weighted by molar-refractivity contribution is 6.21. The van der Waals surface area contributed by atoms with E-state index >= 15 is 0 Å². The quantitative estimate of drug-likeness (QED) is 0.178. The minimum atomic E-state index is 0.281. The lowest BCUT2D eigenvalue weighted by molar-refractivity contribution is 0.648. The Labute approximate surface area is 303 Å². The summed E-state index contributed by atoms with van der Waals surface area (Å²) in [4.78, 5) is 2.54. The highest BCUT2D eigenvalue weighted by Gasteiger charge is 2.31. The van der Waals surface area contributed by atoms with E-state index in [1.807, 2.05) is 0 Å². The van der Waals surface area contributed by atoms with Crippen molar-refractivity contribution in [3.05, 3.63) is 181 Å². The molecule has 52 heavy (non-hydrogen) atoms. The summed E-state index contributed by atoms with van der Waals surface area (Å²) in [6.45, 7) is 0. The predicted molar refractivity (Wildman–Crippen MR) is 221 cm³/mol. The molecule has 0 N–H and O–H groups in total. The Morgan fingerprint density at radius 1 is 0.577 bits per heavy atom. The summed E-state index contributed by atoms with van der Waals surface area (Å²) in [7, 11) is 0. The van der Waals surface area contributed by atoms with E-state index in [4.69, 9.17) is 0 Å². The molecule has 1 unspecified atom stereocenters. The molecule has 1 atom stereocenters. The van der Waals surface area contributed by atoms with Crippen LogP contribution >= 0.6 is 0 Å². The third kappa shape index (κ3) is 4.31. The molecule has 3 aliphatic carbocycles. The monoisotopic (exact) mass is 664 g/mol. The summed E-state index contributed by atoms with van der Waals surface area (Å²) in [5.41, 5.74) is 16.6. The number of aromatic nitrogens is 1. The predicted octanol–water partition coefficient (Wildman–Crippen LogP) is 13.7. The molecule has 0 amide bonds. The first-order chi connectivity index (χ1) is 25.8. The fourth-order valence-electron chi connectivity index (χ4n) is 9.25. The molecule has 2 nitrogen and oxygen atoms in total. The topological polar surface area (TPSA) is 8.17 Å². The van der Waals surface area contributed by atoms with Crippen LogP contribution in [0.4, 0.5) is 17.1 Å². The lowest BCUT2D eigenvalue weighted by atomic mass is 9.87. The van der Waals surface area contributed by atoms with Gasteiger partial charge in [-0.25, -0.2) is 0 Å². The zero-order valence-electron chi connectivity index (χ0n) is 28.8. The molecule has 1 aromatic heterocycles. The number of anilines is 3. The van der Waals surface area contributed by atoms with E-state index in [2.05, 4.69) is 185 Å². The van der Waals surface area contributed by atoms with Gasteiger partial charge in [-0.05, 0) is 94.3 Å². The molecule has 246 valence electrons. The number of allylic oxidation sites excluding steroid dienone is 5. The van der Waals surface area contributed by atoms with Crippen molar-refractivity contribution in [1.82, 2.24) is 4.57 Å². The first kappa shape index (κ1) is 29.4. The van der Waals surface area contributed by atoms with Crippen LogP contribution in [0.25, 0.3) is 72.0 Å². The van der Waals surface area contributed by atoms with Crippen molar-refractivity contribution in [2.24, 2.45) is 0 Å². The molecule has 8 aromatic rings. The SMILES string of the molecule is C1=CCC(n2c3ccccc3c3cc(N(c4ccccc4-c4ccccc4)c4cccc5c4-c4c6c(cc7cccc-5c47)CCC=C6)ccc32)C=C1. The van der Waals surface area contributed by atoms with Crippen molar-refractivity contribution < 1.29 is 0 Å². The minimum absolute atomic E-state index is 0.281. The average Bonchev–Trinajstić information content (AvgIpc) is 3.73. The Morgan fingerprint density at radius 2 is 1.37 bits per heavy atom. The normalized spacial score (nSPS) is 15.4. The Kier molecular flexibility index (Phi) is 6.54. The van der Waals surface area contributed by atoms with Crippen molar-refractivity contribution in [1.29, 1.82) is 0 Å². The van der Waals surface area contributed by atoms with Gasteiger partial charge < -0.3 is 9.47 Å². The van der Waals surface area contributed by atoms with Gasteiger partial charge in [0.05, 0.1) is 17.4 Å². The van der Waals surface area contributed by atoms with Gasteiger partial charge in [-0.1, -0.05) is 140 Å². The van der Waals surface area contributed by atoms with Gasteiger partial charge >= 0.3 is 0 Å². The minimum Gasteiger partial charge on any atom is -0.333 e. The molecule has 1 heterocycles. The Balaban J connectivity index is 1.22. The van der Waals surface area contributed by atoms with Gasteiger partial charge in [0, 0.05) is 44.2 Å². The Hall–Kier alpha value is -6.38. The second-order valence-corrected chi connectivity index (χ2v) is 14.3. The number of para-hydroxylation sites is 2. The number of hydrogen-bond donors (Lipinski definition) is 0. The van der Waals surface area contributed by atoms with Crippen molar-refractivity contribution >= 4 is 55.7 Å². The van der Waals surface area contributed by atoms with Crippen molar-refractivity contribution in [3.8, 4) is 33.4 Å². The fourth-order valence-corrected chi connectivity index (χ4v) is 9.25. The van der Waals surface area contributed by atoms with Crippen LogP contribution in [0.3, 0.4) is 0 Å². The van der Waals surface area contributed by atoms with E-state index in [1.165, 1.54) is 82.8 Å². The van der Waals surface area contributed by atoms with Crippen LogP contribution in [-0.4, -0.2) is 4.57 Å². The summed E-state index contributed by atoms with van der Waals surface area (Å²) >= 11 is 0. The number of aryl methyl sites for hydroxylation is 1. The van der Waals surface area contributed by atoms with Gasteiger partial charge in [0.15, 0.2) is 0 Å². The average molecular weight is 665 g/mol. The maximum atomic E-state index is 2.54. The van der Waals surface area contributed by atoms with Crippen LogP contribution in [0.15, 0.2) is 170 Å². The molecule has 11 rings (SSSR count). The molecule has 0 radical (unpaired) electrons. The molecule has 0 bridgehead atoms. The second kappa shape index (κ2) is 11.6. The van der Waals surface area contributed by atoms with E-state index in [0.717, 1.165) is 30.6 Å². The molecule has 7 aromatic carbocycles. The largest absolute Gasteiger partial charge is 0.333 e. The zero-order valence-corrected chi connectivity index (χ0v) is 28.8. The molecule has 0 fully saturated rings.